The van der Waals surface area contributed by atoms with E-state index in [-0.39, 0.29) is 6.54 Å². The van der Waals surface area contributed by atoms with Crippen LogP contribution in [0.2, 0.25) is 5.02 Å². The maximum Gasteiger partial charge on any atom is 0.325 e. The number of rotatable bonds is 3. The highest BCUT2D eigenvalue weighted by Gasteiger charge is 2.28. The Bertz CT molecular complexity index is 913. The third kappa shape index (κ3) is 2.32. The molecule has 5 heteroatoms. The van der Waals surface area contributed by atoms with Crippen LogP contribution in [-0.2, 0) is 17.8 Å². The molecular formula is C18H13ClN2O2. The van der Waals surface area contributed by atoms with Gasteiger partial charge in [0.1, 0.15) is 6.54 Å². The molecule has 0 saturated heterocycles. The van der Waals surface area contributed by atoms with Crippen molar-refractivity contribution in [1.29, 1.82) is 0 Å². The van der Waals surface area contributed by atoms with Crippen LogP contribution in [0.3, 0.4) is 0 Å². The third-order valence-electron chi connectivity index (χ3n) is 4.09. The second kappa shape index (κ2) is 5.25. The van der Waals surface area contributed by atoms with E-state index in [1.54, 1.807) is 4.68 Å². The molecule has 0 fully saturated rings. The minimum absolute atomic E-state index is 0.149. The summed E-state index contributed by atoms with van der Waals surface area (Å²) in [6.07, 6.45) is 0.767. The van der Waals surface area contributed by atoms with E-state index in [1.807, 2.05) is 42.5 Å². The van der Waals surface area contributed by atoms with Crippen LogP contribution in [0, 0.1) is 0 Å². The Morgan fingerprint density at radius 3 is 2.65 bits per heavy atom. The Hall–Kier alpha value is -2.59. The molecule has 0 atom stereocenters. The van der Waals surface area contributed by atoms with Gasteiger partial charge in [-0.05, 0) is 17.7 Å². The molecule has 3 aromatic rings. The number of aliphatic carboxylic acids is 1. The van der Waals surface area contributed by atoms with Gasteiger partial charge in [0.2, 0.25) is 0 Å². The molecule has 4 rings (SSSR count). The minimum Gasteiger partial charge on any atom is -0.480 e. The Kier molecular flexibility index (Phi) is 3.20. The molecule has 23 heavy (non-hydrogen) atoms. The molecule has 0 unspecified atom stereocenters. The molecule has 0 radical (unpaired) electrons. The third-order valence-corrected chi connectivity index (χ3v) is 4.34. The average Bonchev–Trinajstić information content (AvgIpc) is 3.06. The zero-order chi connectivity index (χ0) is 16.0. The van der Waals surface area contributed by atoms with Crippen molar-refractivity contribution in [2.45, 2.75) is 13.0 Å². The zero-order valence-electron chi connectivity index (χ0n) is 12.2. The van der Waals surface area contributed by atoms with E-state index < -0.39 is 5.97 Å². The molecule has 1 heterocycles. The quantitative estimate of drug-likeness (QED) is 0.622. The SMILES string of the molecule is O=C(O)Cn1nc(-c2ccc(Cl)cc2)c2c1-c1ccccc1C2. The van der Waals surface area contributed by atoms with Crippen LogP contribution in [0.4, 0.5) is 0 Å². The first-order chi connectivity index (χ1) is 11.1. The van der Waals surface area contributed by atoms with Crippen LogP contribution in [0.15, 0.2) is 48.5 Å². The fourth-order valence-corrected chi connectivity index (χ4v) is 3.27. The smallest absolute Gasteiger partial charge is 0.325 e. The molecule has 114 valence electrons. The van der Waals surface area contributed by atoms with Crippen LogP contribution in [0.25, 0.3) is 22.5 Å². The molecule has 2 aromatic carbocycles. The van der Waals surface area contributed by atoms with Crippen molar-refractivity contribution in [2.75, 3.05) is 0 Å². The summed E-state index contributed by atoms with van der Waals surface area (Å²) in [6, 6.07) is 15.5. The zero-order valence-corrected chi connectivity index (χ0v) is 12.9. The summed E-state index contributed by atoms with van der Waals surface area (Å²) in [6.45, 7) is -0.149. The number of benzene rings is 2. The summed E-state index contributed by atoms with van der Waals surface area (Å²) in [5, 5.41) is 14.4. The first-order valence-corrected chi connectivity index (χ1v) is 7.67. The van der Waals surface area contributed by atoms with E-state index in [0.29, 0.717) is 5.02 Å². The van der Waals surface area contributed by atoms with Crippen molar-refractivity contribution >= 4 is 17.6 Å². The summed E-state index contributed by atoms with van der Waals surface area (Å²) in [5.74, 6) is -0.901. The number of fused-ring (bicyclic) bond motifs is 3. The van der Waals surface area contributed by atoms with Gasteiger partial charge in [0, 0.05) is 28.1 Å². The lowest BCUT2D eigenvalue weighted by Crippen LogP contribution is -2.11. The fourth-order valence-electron chi connectivity index (χ4n) is 3.15. The molecular weight excluding hydrogens is 312 g/mol. The molecule has 1 aliphatic carbocycles. The first-order valence-electron chi connectivity index (χ1n) is 7.29. The number of aromatic nitrogens is 2. The molecule has 0 spiro atoms. The first kappa shape index (κ1) is 14.0. The maximum absolute atomic E-state index is 11.2. The highest BCUT2D eigenvalue weighted by Crippen LogP contribution is 2.41. The topological polar surface area (TPSA) is 55.1 Å². The van der Waals surface area contributed by atoms with Crippen LogP contribution in [0.1, 0.15) is 11.1 Å². The number of hydrogen-bond acceptors (Lipinski definition) is 2. The molecule has 1 N–H and O–H groups in total. The number of carboxylic acid groups (broad SMARTS) is 1. The monoisotopic (exact) mass is 324 g/mol. The Morgan fingerprint density at radius 2 is 1.91 bits per heavy atom. The Labute approximate surface area is 138 Å². The van der Waals surface area contributed by atoms with Gasteiger partial charge < -0.3 is 5.11 Å². The second-order valence-corrected chi connectivity index (χ2v) is 6.00. The lowest BCUT2D eigenvalue weighted by Gasteiger charge is -2.04. The largest absolute Gasteiger partial charge is 0.480 e. The minimum atomic E-state index is -0.901. The van der Waals surface area contributed by atoms with Gasteiger partial charge in [-0.1, -0.05) is 48.0 Å². The van der Waals surface area contributed by atoms with Crippen LogP contribution in [0.5, 0.6) is 0 Å². The second-order valence-electron chi connectivity index (χ2n) is 5.57. The van der Waals surface area contributed by atoms with E-state index in [9.17, 15) is 9.90 Å². The number of carbonyl (C=O) groups is 1. The Balaban J connectivity index is 1.92. The summed E-state index contributed by atoms with van der Waals surface area (Å²) < 4.78 is 1.59. The predicted octanol–water partition coefficient (Wildman–Crippen LogP) is 3.86. The van der Waals surface area contributed by atoms with Gasteiger partial charge in [-0.3, -0.25) is 9.48 Å². The normalized spacial score (nSPS) is 12.0. The maximum atomic E-state index is 11.2. The average molecular weight is 325 g/mol. The molecule has 1 aliphatic rings. The van der Waals surface area contributed by atoms with Crippen molar-refractivity contribution in [1.82, 2.24) is 9.78 Å². The van der Waals surface area contributed by atoms with E-state index in [1.165, 1.54) is 5.56 Å². The predicted molar refractivity (Wildman–Crippen MR) is 88.6 cm³/mol. The van der Waals surface area contributed by atoms with Crippen molar-refractivity contribution in [3.05, 3.63) is 64.7 Å². The molecule has 1 aromatic heterocycles. The van der Waals surface area contributed by atoms with Crippen molar-refractivity contribution in [3.8, 4) is 22.5 Å². The standard InChI is InChI=1S/C18H13ClN2O2/c19-13-7-5-11(6-8-13)17-15-9-12-3-1-2-4-14(12)18(15)21(20-17)10-16(22)23/h1-8H,9-10H2,(H,22,23). The summed E-state index contributed by atoms with van der Waals surface area (Å²) in [7, 11) is 0. The molecule has 0 amide bonds. The number of halogens is 1. The lowest BCUT2D eigenvalue weighted by atomic mass is 10.1. The van der Waals surface area contributed by atoms with E-state index in [0.717, 1.165) is 34.5 Å². The highest BCUT2D eigenvalue weighted by atomic mass is 35.5. The molecule has 0 aliphatic heterocycles. The van der Waals surface area contributed by atoms with Crippen LogP contribution < -0.4 is 0 Å². The van der Waals surface area contributed by atoms with Gasteiger partial charge in [-0.15, -0.1) is 0 Å². The van der Waals surface area contributed by atoms with E-state index in [4.69, 9.17) is 11.6 Å². The van der Waals surface area contributed by atoms with Crippen LogP contribution >= 0.6 is 11.6 Å². The van der Waals surface area contributed by atoms with Gasteiger partial charge in [0.25, 0.3) is 0 Å². The van der Waals surface area contributed by atoms with Crippen LogP contribution in [-0.4, -0.2) is 20.9 Å². The summed E-state index contributed by atoms with van der Waals surface area (Å²) in [4.78, 5) is 11.2. The number of carboxylic acids is 1. The summed E-state index contributed by atoms with van der Waals surface area (Å²) in [5.41, 5.74) is 6.03. The van der Waals surface area contributed by atoms with Gasteiger partial charge >= 0.3 is 5.97 Å². The highest BCUT2D eigenvalue weighted by molar-refractivity contribution is 6.30. The molecule has 0 saturated carbocycles. The van der Waals surface area contributed by atoms with Gasteiger partial charge in [-0.25, -0.2) is 0 Å². The summed E-state index contributed by atoms with van der Waals surface area (Å²) >= 11 is 5.96. The van der Waals surface area contributed by atoms with Gasteiger partial charge in [0.15, 0.2) is 0 Å². The number of nitrogens with zero attached hydrogens (tertiary/aromatic N) is 2. The van der Waals surface area contributed by atoms with Crippen molar-refractivity contribution < 1.29 is 9.90 Å². The number of hydrogen-bond donors (Lipinski definition) is 1. The van der Waals surface area contributed by atoms with Crippen molar-refractivity contribution in [3.63, 3.8) is 0 Å². The van der Waals surface area contributed by atoms with Crippen molar-refractivity contribution in [2.24, 2.45) is 0 Å². The van der Waals surface area contributed by atoms with Gasteiger partial charge in [0.05, 0.1) is 11.4 Å². The Morgan fingerprint density at radius 1 is 1.17 bits per heavy atom. The molecule has 0 bridgehead atoms. The van der Waals surface area contributed by atoms with E-state index in [2.05, 4.69) is 11.2 Å². The fraction of sp³-hybridized carbons (Fsp3) is 0.111. The lowest BCUT2D eigenvalue weighted by molar-refractivity contribution is -0.137. The molecule has 4 nitrogen and oxygen atoms in total. The van der Waals surface area contributed by atoms with E-state index >= 15 is 0 Å². The van der Waals surface area contributed by atoms with Gasteiger partial charge in [-0.2, -0.15) is 5.10 Å².